The summed E-state index contributed by atoms with van der Waals surface area (Å²) in [5.41, 5.74) is 1.48. The summed E-state index contributed by atoms with van der Waals surface area (Å²) in [7, 11) is 1.61. The molecular weight excluding hydrogens is 414 g/mol. The second-order valence-electron chi connectivity index (χ2n) is 5.76. The number of pyridine rings is 1. The Bertz CT molecular complexity index is 804. The van der Waals surface area contributed by atoms with Crippen molar-refractivity contribution >= 4 is 34.4 Å². The van der Waals surface area contributed by atoms with Gasteiger partial charge in [-0.05, 0) is 94.2 Å². The van der Waals surface area contributed by atoms with Crippen LogP contribution in [-0.4, -0.2) is 17.9 Å². The molecule has 0 N–H and O–H groups in total. The Labute approximate surface area is 183 Å². The molecule has 0 spiro atoms. The van der Waals surface area contributed by atoms with Gasteiger partial charge in [-0.1, -0.05) is 11.6 Å². The number of allylic oxidation sites excluding steroid dienone is 1. The average molecular weight is 432 g/mol. The number of hydrogen-bond acceptors (Lipinski definition) is 3. The average Bonchev–Trinajstić information content (AvgIpc) is 3.42. The molecule has 0 aliphatic heterocycles. The second kappa shape index (κ2) is 11.6. The van der Waals surface area contributed by atoms with E-state index in [-0.39, 0.29) is 22.9 Å². The van der Waals surface area contributed by atoms with E-state index in [0.717, 1.165) is 16.7 Å². The van der Waals surface area contributed by atoms with Crippen molar-refractivity contribution in [3.05, 3.63) is 105 Å². The van der Waals surface area contributed by atoms with Gasteiger partial charge in [0.25, 0.3) is 0 Å². The van der Waals surface area contributed by atoms with Gasteiger partial charge in [-0.2, -0.15) is 0 Å². The molecule has 0 atom stereocenters. The zero-order chi connectivity index (χ0) is 19.1. The van der Waals surface area contributed by atoms with E-state index < -0.39 is 0 Å². The predicted octanol–water partition coefficient (Wildman–Crippen LogP) is 4.90. The molecular formula is C23H18ClFeNO2+2. The van der Waals surface area contributed by atoms with E-state index in [0.29, 0.717) is 16.6 Å². The zero-order valence-electron chi connectivity index (χ0n) is 15.2. The molecule has 1 heterocycles. The number of methoxy groups -OCH3 is 1. The fourth-order valence-corrected chi connectivity index (χ4v) is 2.72. The molecule has 5 heteroatoms. The van der Waals surface area contributed by atoms with Crippen LogP contribution in [0.4, 0.5) is 0 Å². The normalized spacial score (nSPS) is 16.6. The second-order valence-corrected chi connectivity index (χ2v) is 6.12. The standard InChI is InChI=1S/C18H13ClNO2.C5H5.Fe/c1-22-15-7-8-16-14(11-15)10-13(18(19)20-16)6-9-17(21)12-4-2-3-5-12;1-2-4-5-3-1;/h2-11H,1H3;1-5H;/q;;+2/b9-6+;;. The van der Waals surface area contributed by atoms with Gasteiger partial charge in [0, 0.05) is 10.9 Å². The molecule has 2 fully saturated rings. The van der Waals surface area contributed by atoms with E-state index in [1.165, 1.54) is 6.08 Å². The molecule has 0 saturated heterocycles. The van der Waals surface area contributed by atoms with Crippen molar-refractivity contribution in [1.29, 1.82) is 0 Å². The molecule has 10 radical (unpaired) electrons. The summed E-state index contributed by atoms with van der Waals surface area (Å²) >= 11 is 6.18. The summed E-state index contributed by atoms with van der Waals surface area (Å²) in [4.78, 5) is 16.3. The van der Waals surface area contributed by atoms with Gasteiger partial charge in [-0.15, -0.1) is 0 Å². The number of carbonyl (C=O) groups is 1. The Morgan fingerprint density at radius 1 is 1.00 bits per heavy atom. The maximum absolute atomic E-state index is 12.0. The number of ketones is 1. The molecule has 2 aliphatic carbocycles. The van der Waals surface area contributed by atoms with Crippen molar-refractivity contribution in [3.8, 4) is 5.75 Å². The minimum atomic E-state index is -0.0631. The number of nitrogens with zero attached hydrogens (tertiary/aromatic N) is 1. The van der Waals surface area contributed by atoms with E-state index in [1.54, 1.807) is 26.0 Å². The third kappa shape index (κ3) is 6.34. The first-order valence-corrected chi connectivity index (χ1v) is 8.80. The van der Waals surface area contributed by atoms with Crippen LogP contribution in [0.1, 0.15) is 5.56 Å². The molecule has 2 aliphatic rings. The number of benzene rings is 1. The van der Waals surface area contributed by atoms with E-state index in [4.69, 9.17) is 16.3 Å². The van der Waals surface area contributed by atoms with Gasteiger partial charge >= 0.3 is 17.1 Å². The molecule has 140 valence electrons. The molecule has 28 heavy (non-hydrogen) atoms. The Kier molecular flexibility index (Phi) is 9.50. The molecule has 4 rings (SSSR count). The van der Waals surface area contributed by atoms with E-state index >= 15 is 0 Å². The zero-order valence-corrected chi connectivity index (χ0v) is 17.0. The van der Waals surface area contributed by atoms with Crippen molar-refractivity contribution in [2.45, 2.75) is 0 Å². The van der Waals surface area contributed by atoms with Crippen molar-refractivity contribution in [1.82, 2.24) is 4.98 Å². The molecule has 0 bridgehead atoms. The quantitative estimate of drug-likeness (QED) is 0.392. The summed E-state index contributed by atoms with van der Waals surface area (Å²) < 4.78 is 5.21. The monoisotopic (exact) mass is 431 g/mol. The van der Waals surface area contributed by atoms with Crippen LogP contribution < -0.4 is 4.74 Å². The topological polar surface area (TPSA) is 39.2 Å². The molecule has 1 aromatic carbocycles. The fraction of sp³-hybridized carbons (Fsp3) is 0.0435. The number of halogens is 1. The Morgan fingerprint density at radius 2 is 1.64 bits per heavy atom. The number of ether oxygens (including phenoxy) is 1. The summed E-state index contributed by atoms with van der Waals surface area (Å²) in [6.45, 7) is 0. The molecule has 1 aromatic heterocycles. The van der Waals surface area contributed by atoms with Crippen molar-refractivity contribution in [2.24, 2.45) is 0 Å². The number of carbonyl (C=O) groups excluding carboxylic acids is 1. The minimum absolute atomic E-state index is 0. The van der Waals surface area contributed by atoms with Crippen molar-refractivity contribution in [2.75, 3.05) is 7.11 Å². The van der Waals surface area contributed by atoms with Gasteiger partial charge in [0.15, 0.2) is 5.78 Å². The number of aromatic nitrogens is 1. The summed E-state index contributed by atoms with van der Waals surface area (Å²) in [5, 5.41) is 1.27. The Hall–Kier alpha value is -1.35. The molecule has 3 nitrogen and oxygen atoms in total. The third-order valence-electron chi connectivity index (χ3n) is 3.92. The Morgan fingerprint density at radius 3 is 2.25 bits per heavy atom. The van der Waals surface area contributed by atoms with Crippen molar-refractivity contribution in [3.63, 3.8) is 0 Å². The van der Waals surface area contributed by atoms with Crippen LogP contribution in [0, 0.1) is 63.7 Å². The minimum Gasteiger partial charge on any atom is -0.497 e. The van der Waals surface area contributed by atoms with Gasteiger partial charge in [-0.25, -0.2) is 4.98 Å². The van der Waals surface area contributed by atoms with Crippen LogP contribution in [0.2, 0.25) is 5.15 Å². The molecule has 0 unspecified atom stereocenters. The molecule has 0 amide bonds. The van der Waals surface area contributed by atoms with Gasteiger partial charge in [0.2, 0.25) is 0 Å². The van der Waals surface area contributed by atoms with Crippen LogP contribution in [-0.2, 0) is 21.9 Å². The fourth-order valence-electron chi connectivity index (χ4n) is 2.51. The van der Waals surface area contributed by atoms with Crippen LogP contribution in [0.15, 0.2) is 30.3 Å². The summed E-state index contributed by atoms with van der Waals surface area (Å²) in [6.07, 6.45) is 20.4. The number of hydrogen-bond donors (Lipinski definition) is 0. The first kappa shape index (κ1) is 22.9. The maximum atomic E-state index is 12.0. The number of rotatable bonds is 4. The van der Waals surface area contributed by atoms with Crippen LogP contribution >= 0.6 is 11.6 Å². The van der Waals surface area contributed by atoms with Crippen LogP contribution in [0.3, 0.4) is 0 Å². The van der Waals surface area contributed by atoms with E-state index in [2.05, 4.69) is 4.98 Å². The number of fused-ring (bicyclic) bond motifs is 1. The summed E-state index contributed by atoms with van der Waals surface area (Å²) in [5.74, 6) is 1.34. The van der Waals surface area contributed by atoms with Crippen molar-refractivity contribution < 1.29 is 26.6 Å². The third-order valence-corrected chi connectivity index (χ3v) is 4.22. The van der Waals surface area contributed by atoms with Gasteiger partial charge in [-0.3, -0.25) is 4.79 Å². The molecule has 2 aromatic rings. The van der Waals surface area contributed by atoms with E-state index in [9.17, 15) is 4.79 Å². The molecule has 2 saturated carbocycles. The van der Waals surface area contributed by atoms with Gasteiger partial charge in [0.05, 0.1) is 18.5 Å². The van der Waals surface area contributed by atoms with Gasteiger partial charge in [0.1, 0.15) is 10.9 Å². The smallest absolute Gasteiger partial charge is 0.497 e. The van der Waals surface area contributed by atoms with Crippen LogP contribution in [0.25, 0.3) is 17.0 Å². The SMILES string of the molecule is COc1ccc2nc(Cl)c(/C=C/C(=O)[C]3[CH][CH][CH][CH]3)cc2c1.[CH]1[CH][CH][CH][CH]1.[Fe+2]. The largest absolute Gasteiger partial charge is 2.00 e. The first-order chi connectivity index (χ1) is 13.2. The maximum Gasteiger partial charge on any atom is 2.00 e. The first-order valence-electron chi connectivity index (χ1n) is 8.42. The Balaban J connectivity index is 0.000000408. The van der Waals surface area contributed by atoms with E-state index in [1.807, 2.05) is 69.2 Å². The van der Waals surface area contributed by atoms with Gasteiger partial charge < -0.3 is 4.74 Å². The van der Waals surface area contributed by atoms with Crippen LogP contribution in [0.5, 0.6) is 5.75 Å². The predicted molar refractivity (Wildman–Crippen MR) is 109 cm³/mol. The summed E-state index contributed by atoms with van der Waals surface area (Å²) in [6, 6.07) is 7.46.